The minimum atomic E-state index is -0.478. The number of rotatable bonds is 7. The van der Waals surface area contributed by atoms with Crippen molar-refractivity contribution in [1.82, 2.24) is 0 Å². The number of amides is 1. The van der Waals surface area contributed by atoms with Gasteiger partial charge in [0.1, 0.15) is 5.75 Å². The Kier molecular flexibility index (Phi) is 6.45. The molecule has 1 aliphatic heterocycles. The van der Waals surface area contributed by atoms with Crippen molar-refractivity contribution in [2.24, 2.45) is 0 Å². The highest BCUT2D eigenvalue weighted by Gasteiger charge is 2.41. The molecule has 4 rings (SSSR count). The van der Waals surface area contributed by atoms with Crippen molar-refractivity contribution in [2.75, 3.05) is 18.6 Å². The molecule has 0 saturated carbocycles. The molecule has 0 fully saturated rings. The molecular weight excluding hydrogens is 418 g/mol. The summed E-state index contributed by atoms with van der Waals surface area (Å²) >= 11 is 0. The van der Waals surface area contributed by atoms with Gasteiger partial charge in [0.2, 0.25) is 0 Å². The third-order valence-electron chi connectivity index (χ3n) is 5.64. The molecule has 1 aliphatic rings. The van der Waals surface area contributed by atoms with E-state index in [-0.39, 0.29) is 12.4 Å². The molecule has 1 unspecified atom stereocenters. The molecule has 1 heterocycles. The molecule has 1 N–H and O–H groups in total. The third-order valence-corrected chi connectivity index (χ3v) is 5.64. The number of anilines is 1. The molecule has 0 saturated heterocycles. The third kappa shape index (κ3) is 4.46. The van der Waals surface area contributed by atoms with Gasteiger partial charge in [-0.1, -0.05) is 42.5 Å². The summed E-state index contributed by atoms with van der Waals surface area (Å²) in [6, 6.07) is 23.3. The number of benzene rings is 3. The van der Waals surface area contributed by atoms with Crippen LogP contribution in [-0.4, -0.2) is 30.7 Å². The van der Waals surface area contributed by atoms with Gasteiger partial charge in [0.15, 0.2) is 5.76 Å². The lowest BCUT2D eigenvalue weighted by Crippen LogP contribution is -2.30. The number of esters is 1. The summed E-state index contributed by atoms with van der Waals surface area (Å²) in [7, 11) is 1.61. The van der Waals surface area contributed by atoms with Crippen molar-refractivity contribution in [2.45, 2.75) is 19.4 Å². The standard InChI is InChI=1S/C27H25NO5/c1-3-33-27(31)20-11-13-21(14-12-20)28-24(19-7-5-4-6-8-19)23(25(29)26(28)30)17-18-9-15-22(32-2)16-10-18/h4-16,24,29H,3,17H2,1-2H3. The lowest BCUT2D eigenvalue weighted by molar-refractivity contribution is -0.117. The van der Waals surface area contributed by atoms with Crippen LogP contribution in [0.4, 0.5) is 5.69 Å². The lowest BCUT2D eigenvalue weighted by atomic mass is 9.93. The minimum absolute atomic E-state index is 0.255. The first-order valence-corrected chi connectivity index (χ1v) is 10.7. The van der Waals surface area contributed by atoms with Crippen LogP contribution in [0.2, 0.25) is 0 Å². The van der Waals surface area contributed by atoms with E-state index in [0.29, 0.717) is 23.2 Å². The number of carbonyl (C=O) groups is 2. The fraction of sp³-hybridized carbons (Fsp3) is 0.185. The van der Waals surface area contributed by atoms with Gasteiger partial charge < -0.3 is 14.6 Å². The Bertz CT molecular complexity index is 1170. The maximum atomic E-state index is 13.2. The van der Waals surface area contributed by atoms with Crippen LogP contribution in [0.5, 0.6) is 5.75 Å². The number of aliphatic hydroxyl groups is 1. The number of aliphatic hydroxyl groups excluding tert-OH is 1. The van der Waals surface area contributed by atoms with E-state index < -0.39 is 17.9 Å². The first-order chi connectivity index (χ1) is 16.0. The molecule has 0 spiro atoms. The molecule has 0 bridgehead atoms. The van der Waals surface area contributed by atoms with Gasteiger partial charge in [-0.3, -0.25) is 9.69 Å². The van der Waals surface area contributed by atoms with Crippen LogP contribution < -0.4 is 9.64 Å². The monoisotopic (exact) mass is 443 g/mol. The van der Waals surface area contributed by atoms with Crippen LogP contribution in [-0.2, 0) is 16.0 Å². The Morgan fingerprint density at radius 3 is 2.24 bits per heavy atom. The van der Waals surface area contributed by atoms with Gasteiger partial charge in [0.05, 0.1) is 25.3 Å². The van der Waals surface area contributed by atoms with Crippen LogP contribution in [0, 0.1) is 0 Å². The number of hydrogen-bond donors (Lipinski definition) is 1. The maximum absolute atomic E-state index is 13.2. The number of methoxy groups -OCH3 is 1. The van der Waals surface area contributed by atoms with Crippen molar-refractivity contribution in [1.29, 1.82) is 0 Å². The second-order valence-electron chi connectivity index (χ2n) is 7.65. The van der Waals surface area contributed by atoms with Crippen molar-refractivity contribution in [3.05, 3.63) is 107 Å². The topological polar surface area (TPSA) is 76.1 Å². The average molecular weight is 443 g/mol. The SMILES string of the molecule is CCOC(=O)c1ccc(N2C(=O)C(O)=C(Cc3ccc(OC)cc3)C2c2ccccc2)cc1. The Hall–Kier alpha value is -4.06. The lowest BCUT2D eigenvalue weighted by Gasteiger charge is -2.27. The number of ether oxygens (including phenoxy) is 2. The second-order valence-corrected chi connectivity index (χ2v) is 7.65. The Morgan fingerprint density at radius 1 is 0.970 bits per heavy atom. The van der Waals surface area contributed by atoms with E-state index >= 15 is 0 Å². The van der Waals surface area contributed by atoms with Crippen molar-refractivity contribution in [3.63, 3.8) is 0 Å². The molecule has 6 nitrogen and oxygen atoms in total. The smallest absolute Gasteiger partial charge is 0.338 e. The average Bonchev–Trinajstić information content (AvgIpc) is 3.10. The predicted molar refractivity (Wildman–Crippen MR) is 125 cm³/mol. The number of carbonyl (C=O) groups excluding carboxylic acids is 2. The van der Waals surface area contributed by atoms with Gasteiger partial charge in [-0.2, -0.15) is 0 Å². The van der Waals surface area contributed by atoms with E-state index in [9.17, 15) is 14.7 Å². The highest BCUT2D eigenvalue weighted by Crippen LogP contribution is 2.42. The molecule has 0 aromatic heterocycles. The van der Waals surface area contributed by atoms with Crippen LogP contribution >= 0.6 is 0 Å². The zero-order valence-electron chi connectivity index (χ0n) is 18.5. The molecule has 1 atom stereocenters. The fourth-order valence-corrected chi connectivity index (χ4v) is 4.02. The molecule has 168 valence electrons. The predicted octanol–water partition coefficient (Wildman–Crippen LogP) is 5.01. The number of nitrogens with zero attached hydrogens (tertiary/aromatic N) is 1. The highest BCUT2D eigenvalue weighted by atomic mass is 16.5. The molecule has 1 amide bonds. The van der Waals surface area contributed by atoms with E-state index in [1.807, 2.05) is 54.6 Å². The van der Waals surface area contributed by atoms with E-state index in [1.54, 1.807) is 43.2 Å². The summed E-state index contributed by atoms with van der Waals surface area (Å²) in [5, 5.41) is 10.9. The quantitative estimate of drug-likeness (QED) is 0.519. The van der Waals surface area contributed by atoms with Gasteiger partial charge >= 0.3 is 5.97 Å². The van der Waals surface area contributed by atoms with Gasteiger partial charge in [-0.25, -0.2) is 4.79 Å². The van der Waals surface area contributed by atoms with Crippen molar-refractivity contribution >= 4 is 17.6 Å². The zero-order valence-corrected chi connectivity index (χ0v) is 18.5. The highest BCUT2D eigenvalue weighted by molar-refractivity contribution is 6.09. The van der Waals surface area contributed by atoms with Gasteiger partial charge in [0, 0.05) is 11.3 Å². The fourth-order valence-electron chi connectivity index (χ4n) is 4.02. The van der Waals surface area contributed by atoms with Crippen molar-refractivity contribution in [3.8, 4) is 5.75 Å². The molecule has 3 aromatic rings. The molecule has 0 aliphatic carbocycles. The van der Waals surface area contributed by atoms with E-state index in [4.69, 9.17) is 9.47 Å². The summed E-state index contributed by atoms with van der Waals surface area (Å²) in [6.45, 7) is 2.03. The Morgan fingerprint density at radius 2 is 1.64 bits per heavy atom. The zero-order chi connectivity index (χ0) is 23.4. The summed E-state index contributed by atoms with van der Waals surface area (Å²) < 4.78 is 10.3. The summed E-state index contributed by atoms with van der Waals surface area (Å²) in [6.07, 6.45) is 0.401. The first kappa shape index (κ1) is 22.1. The molecule has 33 heavy (non-hydrogen) atoms. The van der Waals surface area contributed by atoms with Crippen LogP contribution in [0.1, 0.15) is 34.5 Å². The van der Waals surface area contributed by atoms with Gasteiger partial charge in [-0.15, -0.1) is 0 Å². The molecular formula is C27H25NO5. The van der Waals surface area contributed by atoms with Gasteiger partial charge in [-0.05, 0) is 60.9 Å². The summed E-state index contributed by atoms with van der Waals surface area (Å²) in [5.74, 6) is -0.412. The summed E-state index contributed by atoms with van der Waals surface area (Å²) in [4.78, 5) is 26.8. The molecule has 0 radical (unpaired) electrons. The van der Waals surface area contributed by atoms with Crippen molar-refractivity contribution < 1.29 is 24.2 Å². The van der Waals surface area contributed by atoms with Crippen LogP contribution in [0.25, 0.3) is 0 Å². The maximum Gasteiger partial charge on any atom is 0.338 e. The Balaban J connectivity index is 1.71. The van der Waals surface area contributed by atoms with E-state index in [1.165, 1.54) is 0 Å². The second kappa shape index (κ2) is 9.61. The van der Waals surface area contributed by atoms with E-state index in [0.717, 1.165) is 16.9 Å². The molecule has 3 aromatic carbocycles. The normalized spacial score (nSPS) is 15.6. The van der Waals surface area contributed by atoms with Gasteiger partial charge in [0.25, 0.3) is 5.91 Å². The Labute approximate surface area is 192 Å². The minimum Gasteiger partial charge on any atom is -0.503 e. The largest absolute Gasteiger partial charge is 0.503 e. The summed E-state index contributed by atoms with van der Waals surface area (Å²) in [5.41, 5.74) is 3.43. The van der Waals surface area contributed by atoms with Crippen LogP contribution in [0.3, 0.4) is 0 Å². The van der Waals surface area contributed by atoms with Crippen LogP contribution in [0.15, 0.2) is 90.2 Å². The van der Waals surface area contributed by atoms with E-state index in [2.05, 4.69) is 0 Å². The molecule has 6 heteroatoms. The first-order valence-electron chi connectivity index (χ1n) is 10.7. The number of hydrogen-bond acceptors (Lipinski definition) is 5.